The van der Waals surface area contributed by atoms with E-state index >= 15 is 0 Å². The predicted octanol–water partition coefficient (Wildman–Crippen LogP) is 2.63. The minimum Gasteiger partial charge on any atom is -0.496 e. The third-order valence-electron chi connectivity index (χ3n) is 2.52. The zero-order valence-corrected chi connectivity index (χ0v) is 10.5. The van der Waals surface area contributed by atoms with E-state index in [1.54, 1.807) is 7.11 Å². The number of aryl methyl sites for hydroxylation is 1. The van der Waals surface area contributed by atoms with E-state index in [4.69, 9.17) is 4.74 Å². The van der Waals surface area contributed by atoms with E-state index in [9.17, 15) is 0 Å². The lowest BCUT2D eigenvalue weighted by Gasteiger charge is -2.09. The number of benzene rings is 2. The molecule has 0 aliphatic carbocycles. The van der Waals surface area contributed by atoms with Gasteiger partial charge >= 0.3 is 0 Å². The van der Waals surface area contributed by atoms with Gasteiger partial charge in [-0.2, -0.15) is 0 Å². The Hall–Kier alpha value is -1.33. The lowest BCUT2D eigenvalue weighted by molar-refractivity contribution is 0.418. The maximum absolute atomic E-state index is 5.36. The third-order valence-corrected chi connectivity index (χ3v) is 4.03. The fourth-order valence-electron chi connectivity index (χ4n) is 1.61. The van der Waals surface area contributed by atoms with Crippen LogP contribution < -0.4 is 15.3 Å². The second kappa shape index (κ2) is 5.14. The molecule has 16 heavy (non-hydrogen) atoms. The van der Waals surface area contributed by atoms with Crippen LogP contribution in [0.4, 0.5) is 0 Å². The van der Waals surface area contributed by atoms with Crippen molar-refractivity contribution in [2.45, 2.75) is 6.92 Å². The molecule has 82 valence electrons. The Balaban J connectivity index is 2.30. The van der Waals surface area contributed by atoms with Gasteiger partial charge in [-0.1, -0.05) is 51.0 Å². The number of ether oxygens (including phenoxy) is 1. The molecule has 2 aromatic rings. The van der Waals surface area contributed by atoms with Crippen LogP contribution in [0.3, 0.4) is 0 Å². The van der Waals surface area contributed by atoms with Crippen molar-refractivity contribution in [1.29, 1.82) is 0 Å². The van der Waals surface area contributed by atoms with Crippen LogP contribution in [0.15, 0.2) is 48.5 Å². The summed E-state index contributed by atoms with van der Waals surface area (Å²) < 4.78 is 5.36. The van der Waals surface area contributed by atoms with Gasteiger partial charge in [-0.3, -0.25) is 0 Å². The summed E-state index contributed by atoms with van der Waals surface area (Å²) in [5.74, 6) is 0.976. The molecule has 0 radical (unpaired) electrons. The molecule has 2 rings (SSSR count). The first kappa shape index (κ1) is 11.2. The van der Waals surface area contributed by atoms with Gasteiger partial charge in [0.25, 0.3) is 0 Å². The van der Waals surface area contributed by atoms with Gasteiger partial charge in [-0.05, 0) is 23.9 Å². The lowest BCUT2D eigenvalue weighted by Crippen LogP contribution is -2.08. The van der Waals surface area contributed by atoms with Crippen LogP contribution in [0.2, 0.25) is 0 Å². The molecule has 0 aliphatic heterocycles. The summed E-state index contributed by atoms with van der Waals surface area (Å²) >= 11 is 0. The zero-order chi connectivity index (χ0) is 11.4. The van der Waals surface area contributed by atoms with Gasteiger partial charge in [0, 0.05) is 5.30 Å². The minimum absolute atomic E-state index is 0.656. The fraction of sp³-hybridized carbons (Fsp3) is 0.143. The quantitative estimate of drug-likeness (QED) is 0.736. The van der Waals surface area contributed by atoms with Crippen LogP contribution in [0.25, 0.3) is 0 Å². The van der Waals surface area contributed by atoms with Crippen LogP contribution in [0.5, 0.6) is 5.75 Å². The minimum atomic E-state index is 0.656. The van der Waals surface area contributed by atoms with E-state index in [0.717, 1.165) is 5.75 Å². The molecule has 2 aromatic carbocycles. The van der Waals surface area contributed by atoms with E-state index < -0.39 is 0 Å². The Morgan fingerprint density at radius 3 is 2.19 bits per heavy atom. The number of hydrogen-bond acceptors (Lipinski definition) is 1. The molecule has 0 N–H and O–H groups in total. The van der Waals surface area contributed by atoms with E-state index in [2.05, 4.69) is 43.3 Å². The highest BCUT2D eigenvalue weighted by Gasteiger charge is 2.04. The van der Waals surface area contributed by atoms with Crippen LogP contribution in [0, 0.1) is 6.92 Å². The summed E-state index contributed by atoms with van der Waals surface area (Å²) in [7, 11) is 2.38. The molecular formula is C14H15OP. The molecule has 0 fully saturated rings. The van der Waals surface area contributed by atoms with E-state index in [1.807, 2.05) is 12.1 Å². The first-order valence-electron chi connectivity index (χ1n) is 5.27. The number of para-hydroxylation sites is 1. The van der Waals surface area contributed by atoms with Gasteiger partial charge in [0.15, 0.2) is 0 Å². The van der Waals surface area contributed by atoms with Crippen molar-refractivity contribution in [3.05, 3.63) is 54.1 Å². The predicted molar refractivity (Wildman–Crippen MR) is 71.8 cm³/mol. The fourth-order valence-corrected chi connectivity index (χ4v) is 2.84. The normalized spacial score (nSPS) is 10.9. The monoisotopic (exact) mass is 230 g/mol. The van der Waals surface area contributed by atoms with E-state index in [-0.39, 0.29) is 0 Å². The Labute approximate surface area is 98.2 Å². The molecule has 1 unspecified atom stereocenters. The standard InChI is InChI=1S/C14H15OP/c1-11-7-3-5-9-13(11)16-14-10-6-4-8-12(14)15-2/h3-10,16H,1-2H3. The Morgan fingerprint density at radius 1 is 0.875 bits per heavy atom. The highest BCUT2D eigenvalue weighted by atomic mass is 31.1. The molecule has 0 aromatic heterocycles. The number of rotatable bonds is 3. The van der Waals surface area contributed by atoms with Crippen molar-refractivity contribution in [2.24, 2.45) is 0 Å². The average molecular weight is 230 g/mol. The highest BCUT2D eigenvalue weighted by molar-refractivity contribution is 7.55. The summed E-state index contributed by atoms with van der Waals surface area (Å²) in [4.78, 5) is 0. The summed E-state index contributed by atoms with van der Waals surface area (Å²) in [6.45, 7) is 2.15. The summed E-state index contributed by atoms with van der Waals surface area (Å²) in [6.07, 6.45) is 0. The van der Waals surface area contributed by atoms with Gasteiger partial charge in [0.05, 0.1) is 7.11 Å². The maximum Gasteiger partial charge on any atom is 0.126 e. The molecular weight excluding hydrogens is 215 g/mol. The van der Waals surface area contributed by atoms with Crippen LogP contribution in [-0.2, 0) is 0 Å². The Morgan fingerprint density at radius 2 is 1.50 bits per heavy atom. The average Bonchev–Trinajstić information content (AvgIpc) is 2.33. The van der Waals surface area contributed by atoms with E-state index in [1.165, 1.54) is 16.2 Å². The summed E-state index contributed by atoms with van der Waals surface area (Å²) in [5.41, 5.74) is 1.34. The van der Waals surface area contributed by atoms with Gasteiger partial charge in [0.2, 0.25) is 0 Å². The largest absolute Gasteiger partial charge is 0.496 e. The van der Waals surface area contributed by atoms with Crippen molar-refractivity contribution in [3.63, 3.8) is 0 Å². The summed E-state index contributed by atoms with van der Waals surface area (Å²) in [6, 6.07) is 16.7. The lowest BCUT2D eigenvalue weighted by atomic mass is 10.2. The second-order valence-corrected chi connectivity index (χ2v) is 4.97. The summed E-state index contributed by atoms with van der Waals surface area (Å²) in [5, 5.41) is 2.64. The smallest absolute Gasteiger partial charge is 0.126 e. The number of hydrogen-bond donors (Lipinski definition) is 0. The third kappa shape index (κ3) is 2.43. The molecule has 2 heteroatoms. The zero-order valence-electron chi connectivity index (χ0n) is 9.53. The molecule has 0 saturated carbocycles. The first-order valence-corrected chi connectivity index (χ1v) is 6.27. The van der Waals surface area contributed by atoms with Crippen LogP contribution in [-0.4, -0.2) is 7.11 Å². The first-order chi connectivity index (χ1) is 7.81. The maximum atomic E-state index is 5.36. The number of methoxy groups -OCH3 is 1. The van der Waals surface area contributed by atoms with Gasteiger partial charge in [-0.25, -0.2) is 0 Å². The van der Waals surface area contributed by atoms with Crippen molar-refractivity contribution < 1.29 is 4.74 Å². The highest BCUT2D eigenvalue weighted by Crippen LogP contribution is 2.19. The van der Waals surface area contributed by atoms with Crippen molar-refractivity contribution in [1.82, 2.24) is 0 Å². The van der Waals surface area contributed by atoms with Gasteiger partial charge in [-0.15, -0.1) is 0 Å². The van der Waals surface area contributed by atoms with Crippen LogP contribution >= 0.6 is 8.58 Å². The van der Waals surface area contributed by atoms with E-state index in [0.29, 0.717) is 8.58 Å². The molecule has 0 saturated heterocycles. The molecule has 1 atom stereocenters. The second-order valence-electron chi connectivity index (χ2n) is 3.64. The molecule has 1 nitrogen and oxygen atoms in total. The van der Waals surface area contributed by atoms with Crippen molar-refractivity contribution in [3.8, 4) is 5.75 Å². The van der Waals surface area contributed by atoms with Gasteiger partial charge in [0.1, 0.15) is 5.75 Å². The molecule has 0 amide bonds. The molecule has 0 aliphatic rings. The van der Waals surface area contributed by atoms with Crippen LogP contribution in [0.1, 0.15) is 5.56 Å². The molecule has 0 spiro atoms. The van der Waals surface area contributed by atoms with Crippen molar-refractivity contribution >= 4 is 19.2 Å². The SMILES string of the molecule is COc1ccccc1Pc1ccccc1C. The topological polar surface area (TPSA) is 9.23 Å². The van der Waals surface area contributed by atoms with Gasteiger partial charge < -0.3 is 4.74 Å². The Bertz CT molecular complexity index is 480. The Kier molecular flexibility index (Phi) is 3.58. The molecule has 0 heterocycles. The molecule has 0 bridgehead atoms. The van der Waals surface area contributed by atoms with Crippen molar-refractivity contribution in [2.75, 3.05) is 7.11 Å².